The van der Waals surface area contributed by atoms with Crippen LogP contribution in [-0.2, 0) is 6.42 Å². The number of carbonyl (C=O) groups excluding carboxylic acids is 1. The van der Waals surface area contributed by atoms with Crippen LogP contribution < -0.4 is 5.32 Å². The Morgan fingerprint density at radius 1 is 1.25 bits per heavy atom. The molecule has 0 heterocycles. The molecule has 0 saturated carbocycles. The van der Waals surface area contributed by atoms with Crippen LogP contribution in [0.1, 0.15) is 28.4 Å². The third-order valence-electron chi connectivity index (χ3n) is 3.13. The zero-order chi connectivity index (χ0) is 14.7. The number of anilines is 1. The second-order valence-electron chi connectivity index (χ2n) is 4.57. The Hall–Kier alpha value is -1.32. The van der Waals surface area contributed by atoms with E-state index in [-0.39, 0.29) is 5.91 Å². The minimum absolute atomic E-state index is 0.115. The van der Waals surface area contributed by atoms with Gasteiger partial charge in [-0.3, -0.25) is 4.79 Å². The van der Waals surface area contributed by atoms with Gasteiger partial charge in [0.1, 0.15) is 0 Å². The molecule has 0 atom stereocenters. The Morgan fingerprint density at radius 3 is 2.65 bits per heavy atom. The Morgan fingerprint density at radius 2 is 2.00 bits per heavy atom. The second kappa shape index (κ2) is 6.42. The average Bonchev–Trinajstić information content (AvgIpc) is 2.40. The van der Waals surface area contributed by atoms with Gasteiger partial charge in [-0.2, -0.15) is 0 Å². The molecule has 2 aromatic rings. The van der Waals surface area contributed by atoms with Crippen molar-refractivity contribution in [1.82, 2.24) is 0 Å². The monoisotopic (exact) mass is 351 g/mol. The Bertz CT molecular complexity index is 655. The summed E-state index contributed by atoms with van der Waals surface area (Å²) in [6.45, 7) is 3.94. The van der Waals surface area contributed by atoms with Gasteiger partial charge in [0.25, 0.3) is 5.91 Å². The van der Waals surface area contributed by atoms with E-state index >= 15 is 0 Å². The minimum Gasteiger partial charge on any atom is -0.322 e. The van der Waals surface area contributed by atoms with Crippen molar-refractivity contribution in [3.63, 3.8) is 0 Å². The van der Waals surface area contributed by atoms with Crippen LogP contribution in [0, 0.1) is 6.92 Å². The van der Waals surface area contributed by atoms with Crippen LogP contribution in [-0.4, -0.2) is 5.91 Å². The topological polar surface area (TPSA) is 29.1 Å². The quantitative estimate of drug-likeness (QED) is 0.805. The van der Waals surface area contributed by atoms with Crippen molar-refractivity contribution in [2.24, 2.45) is 0 Å². The van der Waals surface area contributed by atoms with Crippen molar-refractivity contribution in [2.45, 2.75) is 20.3 Å². The lowest BCUT2D eigenvalue weighted by molar-refractivity contribution is 0.102. The highest BCUT2D eigenvalue weighted by atomic mass is 79.9. The van der Waals surface area contributed by atoms with Crippen LogP contribution in [0.15, 0.2) is 40.9 Å². The van der Waals surface area contributed by atoms with Gasteiger partial charge in [0.05, 0.1) is 0 Å². The van der Waals surface area contributed by atoms with Gasteiger partial charge in [-0.1, -0.05) is 34.5 Å². The van der Waals surface area contributed by atoms with E-state index in [4.69, 9.17) is 11.6 Å². The first-order valence-corrected chi connectivity index (χ1v) is 7.54. The first-order valence-electron chi connectivity index (χ1n) is 6.37. The van der Waals surface area contributed by atoms with Gasteiger partial charge < -0.3 is 5.32 Å². The van der Waals surface area contributed by atoms with Crippen molar-refractivity contribution in [2.75, 3.05) is 5.32 Å². The van der Waals surface area contributed by atoms with Crippen LogP contribution in [0.4, 0.5) is 5.69 Å². The molecule has 0 saturated heterocycles. The SMILES string of the molecule is CCc1cc(Br)ccc1NC(=O)c1ccc(Cl)cc1C. The Labute approximate surface area is 132 Å². The molecular weight excluding hydrogens is 338 g/mol. The highest BCUT2D eigenvalue weighted by molar-refractivity contribution is 9.10. The number of hydrogen-bond donors (Lipinski definition) is 1. The van der Waals surface area contributed by atoms with E-state index in [0.717, 1.165) is 27.7 Å². The van der Waals surface area contributed by atoms with Crippen molar-refractivity contribution in [3.8, 4) is 0 Å². The molecule has 2 aromatic carbocycles. The summed E-state index contributed by atoms with van der Waals surface area (Å²) in [5.74, 6) is -0.115. The molecule has 0 fully saturated rings. The van der Waals surface area contributed by atoms with Gasteiger partial charge in [0.15, 0.2) is 0 Å². The van der Waals surface area contributed by atoms with Gasteiger partial charge in [-0.05, 0) is 60.9 Å². The Kier molecular flexibility index (Phi) is 4.84. The summed E-state index contributed by atoms with van der Waals surface area (Å²) in [6.07, 6.45) is 0.856. The molecule has 0 unspecified atom stereocenters. The fraction of sp³-hybridized carbons (Fsp3) is 0.188. The summed E-state index contributed by atoms with van der Waals surface area (Å²) in [7, 11) is 0. The first-order chi connectivity index (χ1) is 9.51. The largest absolute Gasteiger partial charge is 0.322 e. The van der Waals surface area contributed by atoms with Crippen molar-refractivity contribution < 1.29 is 4.79 Å². The lowest BCUT2D eigenvalue weighted by Gasteiger charge is -2.12. The van der Waals surface area contributed by atoms with Crippen molar-refractivity contribution in [1.29, 1.82) is 0 Å². The predicted octanol–water partition coefficient (Wildman–Crippen LogP) is 5.23. The standard InChI is InChI=1S/C16H15BrClNO/c1-3-11-9-12(17)4-7-15(11)19-16(20)14-6-5-13(18)8-10(14)2/h4-9H,3H2,1-2H3,(H,19,20). The van der Waals surface area contributed by atoms with Gasteiger partial charge in [-0.25, -0.2) is 0 Å². The maximum atomic E-state index is 12.3. The zero-order valence-corrected chi connectivity index (χ0v) is 13.7. The van der Waals surface area contributed by atoms with Crippen LogP contribution in [0.3, 0.4) is 0 Å². The summed E-state index contributed by atoms with van der Waals surface area (Å²) in [5.41, 5.74) is 3.44. The normalized spacial score (nSPS) is 10.4. The molecule has 0 spiro atoms. The number of benzene rings is 2. The smallest absolute Gasteiger partial charge is 0.255 e. The number of halogens is 2. The minimum atomic E-state index is -0.115. The third-order valence-corrected chi connectivity index (χ3v) is 3.86. The third kappa shape index (κ3) is 3.41. The molecule has 0 aliphatic carbocycles. The molecular formula is C16H15BrClNO. The van der Waals surface area contributed by atoms with E-state index in [2.05, 4.69) is 28.2 Å². The number of rotatable bonds is 3. The van der Waals surface area contributed by atoms with Crippen LogP contribution in [0.25, 0.3) is 0 Å². The summed E-state index contributed by atoms with van der Waals surface area (Å²) < 4.78 is 1.01. The van der Waals surface area contributed by atoms with Gasteiger partial charge in [0.2, 0.25) is 0 Å². The van der Waals surface area contributed by atoms with Gasteiger partial charge in [0, 0.05) is 20.7 Å². The highest BCUT2D eigenvalue weighted by Crippen LogP contribution is 2.23. The molecule has 104 valence electrons. The van der Waals surface area contributed by atoms with E-state index in [1.165, 1.54) is 0 Å². The number of nitrogens with one attached hydrogen (secondary N) is 1. The lowest BCUT2D eigenvalue weighted by Crippen LogP contribution is -2.14. The molecule has 0 radical (unpaired) electrons. The van der Waals surface area contributed by atoms with E-state index < -0.39 is 0 Å². The van der Waals surface area contributed by atoms with E-state index in [1.807, 2.05) is 25.1 Å². The lowest BCUT2D eigenvalue weighted by atomic mass is 10.1. The van der Waals surface area contributed by atoms with Gasteiger partial charge in [-0.15, -0.1) is 0 Å². The molecule has 1 N–H and O–H groups in total. The summed E-state index contributed by atoms with van der Waals surface area (Å²) in [6, 6.07) is 11.1. The summed E-state index contributed by atoms with van der Waals surface area (Å²) in [4.78, 5) is 12.3. The highest BCUT2D eigenvalue weighted by Gasteiger charge is 2.11. The van der Waals surface area contributed by atoms with Gasteiger partial charge >= 0.3 is 0 Å². The molecule has 0 aromatic heterocycles. The van der Waals surface area contributed by atoms with E-state index in [9.17, 15) is 4.79 Å². The maximum absolute atomic E-state index is 12.3. The zero-order valence-electron chi connectivity index (χ0n) is 11.3. The molecule has 0 bridgehead atoms. The van der Waals surface area contributed by atoms with E-state index in [0.29, 0.717) is 10.6 Å². The number of carbonyl (C=O) groups is 1. The fourth-order valence-electron chi connectivity index (χ4n) is 2.05. The molecule has 20 heavy (non-hydrogen) atoms. The predicted molar refractivity (Wildman–Crippen MR) is 87.7 cm³/mol. The van der Waals surface area contributed by atoms with E-state index in [1.54, 1.807) is 18.2 Å². The van der Waals surface area contributed by atoms with Crippen LogP contribution in [0.5, 0.6) is 0 Å². The molecule has 2 rings (SSSR count). The average molecular weight is 353 g/mol. The molecule has 0 aliphatic rings. The first kappa shape index (κ1) is 15.1. The molecule has 0 aliphatic heterocycles. The summed E-state index contributed by atoms with van der Waals surface area (Å²) in [5, 5.41) is 3.60. The number of aryl methyl sites for hydroxylation is 2. The second-order valence-corrected chi connectivity index (χ2v) is 5.92. The van der Waals surface area contributed by atoms with Crippen molar-refractivity contribution >= 4 is 39.1 Å². The number of hydrogen-bond acceptors (Lipinski definition) is 1. The maximum Gasteiger partial charge on any atom is 0.255 e. The van der Waals surface area contributed by atoms with Crippen molar-refractivity contribution in [3.05, 3.63) is 62.6 Å². The van der Waals surface area contributed by atoms with Crippen LogP contribution in [0.2, 0.25) is 5.02 Å². The fourth-order valence-corrected chi connectivity index (χ4v) is 2.68. The molecule has 4 heteroatoms. The Balaban J connectivity index is 2.28. The molecule has 2 nitrogen and oxygen atoms in total. The molecule has 1 amide bonds. The number of amides is 1. The summed E-state index contributed by atoms with van der Waals surface area (Å²) >= 11 is 9.35. The van der Waals surface area contributed by atoms with Crippen LogP contribution >= 0.6 is 27.5 Å².